The molecule has 0 saturated carbocycles. The maximum absolute atomic E-state index is 12.7. The minimum Gasteiger partial charge on any atom is -0.358 e. The predicted octanol–water partition coefficient (Wildman–Crippen LogP) is 8.25. The van der Waals surface area contributed by atoms with Crippen LogP contribution in [0.15, 0.2) is 78.9 Å². The van der Waals surface area contributed by atoms with E-state index in [9.17, 15) is 19.6 Å². The number of rotatable bonds is 15. The number of hydrogen-bond acceptors (Lipinski definition) is 5. The second-order valence-corrected chi connectivity index (χ2v) is 11.6. The molecule has 0 atom stereocenters. The van der Waals surface area contributed by atoms with E-state index in [0.29, 0.717) is 42.6 Å². The van der Waals surface area contributed by atoms with Crippen molar-refractivity contribution in [1.82, 2.24) is 20.9 Å². The molecular weight excluding hydrogens is 610 g/mol. The number of nitriles is 1. The Hall–Kier alpha value is -4.48. The Kier molecular flexibility index (Phi) is 33.4. The van der Waals surface area contributed by atoms with Gasteiger partial charge in [0.2, 0.25) is 12.8 Å². The molecule has 0 bridgehead atoms. The molecule has 0 radical (unpaired) electrons. The number of allylic oxidation sites excluding steroid dienone is 5. The van der Waals surface area contributed by atoms with Crippen LogP contribution in [0.5, 0.6) is 0 Å². The molecule has 2 aromatic rings. The van der Waals surface area contributed by atoms with Crippen LogP contribution in [-0.2, 0) is 9.59 Å². The summed E-state index contributed by atoms with van der Waals surface area (Å²) in [6.07, 6.45) is 10.1. The van der Waals surface area contributed by atoms with Crippen molar-refractivity contribution < 1.29 is 14.4 Å². The first-order chi connectivity index (χ1) is 23.4. The van der Waals surface area contributed by atoms with E-state index in [0.717, 1.165) is 49.2 Å². The number of nitrogens with zero attached hydrogens (tertiary/aromatic N) is 2. The van der Waals surface area contributed by atoms with E-state index in [1.807, 2.05) is 87.2 Å². The van der Waals surface area contributed by atoms with Crippen molar-refractivity contribution >= 4 is 18.7 Å². The Morgan fingerprint density at radius 3 is 2.06 bits per heavy atom. The first-order valence-electron chi connectivity index (χ1n) is 17.3. The Morgan fingerprint density at radius 2 is 1.59 bits per heavy atom. The molecule has 3 N–H and O–H groups in total. The largest absolute Gasteiger partial charge is 0.358 e. The van der Waals surface area contributed by atoms with Crippen molar-refractivity contribution in [2.24, 2.45) is 5.92 Å². The Balaban J connectivity index is -0.000000671. The SMILES string of the molecule is C=C/C=C\C=C(C)C.CC.CC(C)CNC=O.CC(C)NCCNC=O.CCCN(CC)C(=O)c1cc(C)cc(-c2ccccc2C#N)c1. The number of carbonyl (C=O) groups excluding carboxylic acids is 3. The van der Waals surface area contributed by atoms with Crippen molar-refractivity contribution in [1.29, 1.82) is 5.26 Å². The predicted molar refractivity (Wildman–Crippen MR) is 209 cm³/mol. The summed E-state index contributed by atoms with van der Waals surface area (Å²) in [4.78, 5) is 33.9. The van der Waals surface area contributed by atoms with Gasteiger partial charge in [-0.25, -0.2) is 0 Å². The normalized spacial score (nSPS) is 9.47. The molecule has 272 valence electrons. The van der Waals surface area contributed by atoms with Gasteiger partial charge in [0, 0.05) is 44.3 Å². The number of carbonyl (C=O) groups is 3. The van der Waals surface area contributed by atoms with E-state index in [-0.39, 0.29) is 5.91 Å². The molecule has 2 aromatic carbocycles. The summed E-state index contributed by atoms with van der Waals surface area (Å²) in [5, 5.41) is 17.6. The average molecular weight is 676 g/mol. The Bertz CT molecular complexity index is 1270. The lowest BCUT2D eigenvalue weighted by atomic mass is 9.96. The fourth-order valence-electron chi connectivity index (χ4n) is 3.85. The minimum absolute atomic E-state index is 0.0498. The number of amides is 3. The van der Waals surface area contributed by atoms with Crippen LogP contribution >= 0.6 is 0 Å². The zero-order valence-electron chi connectivity index (χ0n) is 32.2. The van der Waals surface area contributed by atoms with Crippen molar-refractivity contribution in [3.8, 4) is 17.2 Å². The van der Waals surface area contributed by atoms with E-state index in [2.05, 4.69) is 77.1 Å². The molecule has 0 unspecified atom stereocenters. The molecule has 2 rings (SSSR count). The monoisotopic (exact) mass is 676 g/mol. The van der Waals surface area contributed by atoms with E-state index >= 15 is 0 Å². The van der Waals surface area contributed by atoms with E-state index in [1.54, 1.807) is 12.1 Å². The molecule has 0 spiro atoms. The minimum atomic E-state index is 0.0498. The second kappa shape index (κ2) is 33.4. The van der Waals surface area contributed by atoms with E-state index in [1.165, 1.54) is 5.57 Å². The van der Waals surface area contributed by atoms with Gasteiger partial charge < -0.3 is 20.9 Å². The van der Waals surface area contributed by atoms with Crippen molar-refractivity contribution in [3.05, 3.63) is 95.6 Å². The van der Waals surface area contributed by atoms with Gasteiger partial charge in [0.05, 0.1) is 11.6 Å². The molecule has 49 heavy (non-hydrogen) atoms. The Labute approximate surface area is 298 Å². The first kappa shape index (κ1) is 48.9. The number of hydrogen-bond donors (Lipinski definition) is 3. The van der Waals surface area contributed by atoms with Crippen molar-refractivity contribution in [2.75, 3.05) is 32.7 Å². The van der Waals surface area contributed by atoms with Gasteiger partial charge in [-0.15, -0.1) is 0 Å². The topological polar surface area (TPSA) is 114 Å². The van der Waals surface area contributed by atoms with E-state index < -0.39 is 0 Å². The summed E-state index contributed by atoms with van der Waals surface area (Å²) in [5.74, 6) is 0.610. The zero-order chi connectivity index (χ0) is 38.0. The third kappa shape index (κ3) is 27.2. The third-order valence-corrected chi connectivity index (χ3v) is 6.04. The fraction of sp³-hybridized carbons (Fsp3) is 0.463. The van der Waals surface area contributed by atoms with Gasteiger partial charge in [0.25, 0.3) is 5.91 Å². The molecule has 0 aromatic heterocycles. The molecule has 0 aliphatic heterocycles. The van der Waals surface area contributed by atoms with Crippen molar-refractivity contribution in [2.45, 2.75) is 88.6 Å². The molecule has 8 nitrogen and oxygen atoms in total. The molecule has 0 saturated heterocycles. The zero-order valence-corrected chi connectivity index (χ0v) is 32.2. The van der Waals surface area contributed by atoms with Gasteiger partial charge in [-0.3, -0.25) is 14.4 Å². The van der Waals surface area contributed by atoms with Crippen LogP contribution in [0, 0.1) is 24.2 Å². The van der Waals surface area contributed by atoms with Crippen LogP contribution in [0.2, 0.25) is 0 Å². The lowest BCUT2D eigenvalue weighted by molar-refractivity contribution is -0.110. The van der Waals surface area contributed by atoms with Gasteiger partial charge in [-0.1, -0.05) is 109 Å². The molecule has 0 aliphatic carbocycles. The number of nitrogens with one attached hydrogen (secondary N) is 3. The van der Waals surface area contributed by atoms with Gasteiger partial charge >= 0.3 is 0 Å². The summed E-state index contributed by atoms with van der Waals surface area (Å²) in [6.45, 7) is 29.7. The summed E-state index contributed by atoms with van der Waals surface area (Å²) in [5.41, 5.74) is 5.42. The second-order valence-electron chi connectivity index (χ2n) is 11.6. The van der Waals surface area contributed by atoms with Crippen LogP contribution in [0.25, 0.3) is 11.1 Å². The average Bonchev–Trinajstić information content (AvgIpc) is 3.09. The maximum atomic E-state index is 12.7. The molecule has 3 amide bonds. The van der Waals surface area contributed by atoms with Crippen LogP contribution < -0.4 is 16.0 Å². The van der Waals surface area contributed by atoms with Crippen molar-refractivity contribution in [3.63, 3.8) is 0 Å². The fourth-order valence-corrected chi connectivity index (χ4v) is 3.85. The highest BCUT2D eigenvalue weighted by Gasteiger charge is 2.15. The summed E-state index contributed by atoms with van der Waals surface area (Å²) < 4.78 is 0. The number of benzene rings is 2. The lowest BCUT2D eigenvalue weighted by Crippen LogP contribution is -2.31. The third-order valence-electron chi connectivity index (χ3n) is 6.04. The summed E-state index contributed by atoms with van der Waals surface area (Å²) in [6, 6.07) is 16.0. The molecule has 0 fully saturated rings. The maximum Gasteiger partial charge on any atom is 0.253 e. The quantitative estimate of drug-likeness (QED) is 0.1000. The highest BCUT2D eigenvalue weighted by atomic mass is 16.2. The van der Waals surface area contributed by atoms with Gasteiger partial charge in [-0.05, 0) is 74.9 Å². The van der Waals surface area contributed by atoms with Gasteiger partial charge in [0.1, 0.15) is 0 Å². The highest BCUT2D eigenvalue weighted by Crippen LogP contribution is 2.26. The molecule has 8 heteroatoms. The van der Waals surface area contributed by atoms with Gasteiger partial charge in [0.15, 0.2) is 0 Å². The lowest BCUT2D eigenvalue weighted by Gasteiger charge is -2.21. The highest BCUT2D eigenvalue weighted by molar-refractivity contribution is 5.96. The van der Waals surface area contributed by atoms with Crippen LogP contribution in [0.4, 0.5) is 0 Å². The molecule has 0 heterocycles. The van der Waals surface area contributed by atoms with Crippen LogP contribution in [0.3, 0.4) is 0 Å². The molecule has 0 aliphatic rings. The van der Waals surface area contributed by atoms with E-state index in [4.69, 9.17) is 0 Å². The summed E-state index contributed by atoms with van der Waals surface area (Å²) in [7, 11) is 0. The Morgan fingerprint density at radius 1 is 0.959 bits per heavy atom. The summed E-state index contributed by atoms with van der Waals surface area (Å²) >= 11 is 0. The van der Waals surface area contributed by atoms with Gasteiger partial charge in [-0.2, -0.15) is 5.26 Å². The first-order valence-corrected chi connectivity index (χ1v) is 17.3. The standard InChI is InChI=1S/C20H22N2O.C8H12.C6H14N2O.C5H11NO.C2H6/c1-4-10-22(5-2)20(23)18-12-15(3)11-17(13-18)19-9-7-6-8-16(19)14-21;1-4-5-6-7-8(2)3;1-6(2)8-4-3-7-5-9;1-5(2)3-6-4-7;1-2/h6-9,11-13H,4-5,10H2,1-3H3;4-7H,1H2,2-3H3;5-6,8H,3-4H2,1-2H3,(H,7,9);4-5H,3H2,1-2H3,(H,6,7);1-2H3/b;6-5-;;;. The molecular formula is C41H65N5O3. The van der Waals surface area contributed by atoms with Crippen LogP contribution in [0.1, 0.15) is 97.1 Å². The number of aryl methyl sites for hydroxylation is 1. The van der Waals surface area contributed by atoms with Crippen LogP contribution in [-0.4, -0.2) is 62.4 Å². The smallest absolute Gasteiger partial charge is 0.253 e.